The molecule has 3 N–H and O–H groups in total. The standard InChI is InChI=1S/C16H17N3O3/c1-9-2-3-12-10(6-9)7-11(15(21)19-12)8-17-16(22)13-4-5-14(20)18-13/h2-3,6-7,13H,4-5,8H2,1H3,(H,17,22)(H,18,20)(H,19,21). The first-order chi connectivity index (χ1) is 10.5. The third-order valence-corrected chi connectivity index (χ3v) is 3.84. The van der Waals surface area contributed by atoms with Crippen LogP contribution in [0.3, 0.4) is 0 Å². The lowest BCUT2D eigenvalue weighted by molar-refractivity contribution is -0.125. The molecule has 6 nitrogen and oxygen atoms in total. The number of aryl methyl sites for hydroxylation is 1. The SMILES string of the molecule is Cc1ccc2[nH]c(=O)c(CNC(=O)C3CCC(=O)N3)cc2c1. The quantitative estimate of drug-likeness (QED) is 0.780. The van der Waals surface area contributed by atoms with Crippen molar-refractivity contribution in [3.8, 4) is 0 Å². The number of aromatic amines is 1. The van der Waals surface area contributed by atoms with Crippen LogP contribution in [0.15, 0.2) is 29.1 Å². The van der Waals surface area contributed by atoms with E-state index in [1.165, 1.54) is 0 Å². The molecule has 0 radical (unpaired) electrons. The molecule has 0 spiro atoms. The molecule has 1 atom stereocenters. The van der Waals surface area contributed by atoms with Crippen LogP contribution >= 0.6 is 0 Å². The van der Waals surface area contributed by atoms with E-state index in [0.29, 0.717) is 18.4 Å². The Kier molecular flexibility index (Phi) is 3.66. The normalized spacial score (nSPS) is 17.5. The fraction of sp³-hybridized carbons (Fsp3) is 0.312. The summed E-state index contributed by atoms with van der Waals surface area (Å²) in [6.45, 7) is 2.12. The summed E-state index contributed by atoms with van der Waals surface area (Å²) in [6.07, 6.45) is 0.867. The monoisotopic (exact) mass is 299 g/mol. The summed E-state index contributed by atoms with van der Waals surface area (Å²) in [6, 6.07) is 7.07. The lowest BCUT2D eigenvalue weighted by atomic mass is 10.1. The van der Waals surface area contributed by atoms with Crippen LogP contribution in [0.25, 0.3) is 10.9 Å². The Hall–Kier alpha value is -2.63. The lowest BCUT2D eigenvalue weighted by Crippen LogP contribution is -2.41. The molecule has 6 heteroatoms. The average Bonchev–Trinajstić information content (AvgIpc) is 2.92. The number of benzene rings is 1. The van der Waals surface area contributed by atoms with E-state index in [2.05, 4.69) is 15.6 Å². The van der Waals surface area contributed by atoms with Gasteiger partial charge in [0.2, 0.25) is 11.8 Å². The summed E-state index contributed by atoms with van der Waals surface area (Å²) < 4.78 is 0. The van der Waals surface area contributed by atoms with Crippen molar-refractivity contribution in [2.75, 3.05) is 0 Å². The summed E-state index contributed by atoms with van der Waals surface area (Å²) in [5.74, 6) is -0.367. The first-order valence-electron chi connectivity index (χ1n) is 7.22. The van der Waals surface area contributed by atoms with Gasteiger partial charge in [-0.1, -0.05) is 11.6 Å². The molecule has 0 bridgehead atoms. The largest absolute Gasteiger partial charge is 0.350 e. The molecule has 1 aromatic heterocycles. The van der Waals surface area contributed by atoms with Gasteiger partial charge in [-0.25, -0.2) is 0 Å². The highest BCUT2D eigenvalue weighted by Gasteiger charge is 2.26. The highest BCUT2D eigenvalue weighted by atomic mass is 16.2. The molecule has 114 valence electrons. The number of hydrogen-bond donors (Lipinski definition) is 3. The predicted octanol–water partition coefficient (Wildman–Crippen LogP) is 0.731. The Morgan fingerprint density at radius 2 is 2.14 bits per heavy atom. The Bertz CT molecular complexity index is 810. The summed E-state index contributed by atoms with van der Waals surface area (Å²) in [5, 5.41) is 6.24. The highest BCUT2D eigenvalue weighted by Crippen LogP contribution is 2.13. The molecule has 1 aliphatic heterocycles. The second-order valence-corrected chi connectivity index (χ2v) is 5.59. The number of nitrogens with one attached hydrogen (secondary N) is 3. The van der Waals surface area contributed by atoms with Crippen LogP contribution in [-0.2, 0) is 16.1 Å². The van der Waals surface area contributed by atoms with E-state index in [0.717, 1.165) is 16.5 Å². The first-order valence-corrected chi connectivity index (χ1v) is 7.22. The molecule has 2 amide bonds. The molecule has 22 heavy (non-hydrogen) atoms. The van der Waals surface area contributed by atoms with Crippen molar-refractivity contribution >= 4 is 22.7 Å². The van der Waals surface area contributed by atoms with Gasteiger partial charge < -0.3 is 15.6 Å². The zero-order chi connectivity index (χ0) is 15.7. The van der Waals surface area contributed by atoms with Gasteiger partial charge in [-0.15, -0.1) is 0 Å². The fourth-order valence-electron chi connectivity index (χ4n) is 2.62. The van der Waals surface area contributed by atoms with Gasteiger partial charge in [-0.3, -0.25) is 14.4 Å². The smallest absolute Gasteiger partial charge is 0.253 e. The van der Waals surface area contributed by atoms with Crippen LogP contribution in [0.1, 0.15) is 24.0 Å². The predicted molar refractivity (Wildman–Crippen MR) is 82.3 cm³/mol. The summed E-state index contributed by atoms with van der Waals surface area (Å²) >= 11 is 0. The van der Waals surface area contributed by atoms with Crippen LogP contribution < -0.4 is 16.2 Å². The van der Waals surface area contributed by atoms with Crippen molar-refractivity contribution in [1.82, 2.24) is 15.6 Å². The lowest BCUT2D eigenvalue weighted by Gasteiger charge is -2.11. The Balaban J connectivity index is 1.76. The molecule has 1 fully saturated rings. The van der Waals surface area contributed by atoms with Gasteiger partial charge in [0, 0.05) is 24.0 Å². The van der Waals surface area contributed by atoms with Crippen molar-refractivity contribution in [2.24, 2.45) is 0 Å². The number of pyridine rings is 1. The molecular weight excluding hydrogens is 282 g/mol. The number of hydrogen-bond acceptors (Lipinski definition) is 3. The number of fused-ring (bicyclic) bond motifs is 1. The van der Waals surface area contributed by atoms with Gasteiger partial charge in [-0.2, -0.15) is 0 Å². The molecule has 2 aromatic rings. The van der Waals surface area contributed by atoms with Gasteiger partial charge >= 0.3 is 0 Å². The topological polar surface area (TPSA) is 91.1 Å². The van der Waals surface area contributed by atoms with Gasteiger partial charge in [-0.05, 0) is 36.9 Å². The molecule has 2 heterocycles. The number of carbonyl (C=O) groups is 2. The minimum absolute atomic E-state index is 0.112. The second kappa shape index (κ2) is 5.63. The molecule has 1 unspecified atom stereocenters. The zero-order valence-electron chi connectivity index (χ0n) is 12.2. The van der Waals surface area contributed by atoms with Crippen LogP contribution in [0.5, 0.6) is 0 Å². The molecule has 0 aliphatic carbocycles. The van der Waals surface area contributed by atoms with Gasteiger partial charge in [0.05, 0.1) is 0 Å². The zero-order valence-corrected chi connectivity index (χ0v) is 12.2. The van der Waals surface area contributed by atoms with Crippen molar-refractivity contribution in [2.45, 2.75) is 32.4 Å². The molecule has 1 aromatic carbocycles. The third kappa shape index (κ3) is 2.86. The number of carbonyl (C=O) groups excluding carboxylic acids is 2. The highest BCUT2D eigenvalue weighted by molar-refractivity contribution is 5.90. The van der Waals surface area contributed by atoms with Crippen molar-refractivity contribution in [3.05, 3.63) is 45.7 Å². The van der Waals surface area contributed by atoms with E-state index < -0.39 is 6.04 Å². The molecular formula is C16H17N3O3. The Labute approximate surface area is 126 Å². The molecule has 3 rings (SSSR count). The Morgan fingerprint density at radius 1 is 1.32 bits per heavy atom. The second-order valence-electron chi connectivity index (χ2n) is 5.59. The van der Waals surface area contributed by atoms with Crippen molar-refractivity contribution < 1.29 is 9.59 Å². The number of aromatic nitrogens is 1. The number of H-pyrrole nitrogens is 1. The van der Waals surface area contributed by atoms with Crippen LogP contribution in [0.2, 0.25) is 0 Å². The van der Waals surface area contributed by atoms with E-state index in [1.54, 1.807) is 6.07 Å². The van der Waals surface area contributed by atoms with Crippen LogP contribution in [0, 0.1) is 6.92 Å². The first kappa shape index (κ1) is 14.3. The molecule has 1 saturated heterocycles. The van der Waals surface area contributed by atoms with Crippen molar-refractivity contribution in [1.29, 1.82) is 0 Å². The van der Waals surface area contributed by atoms with Gasteiger partial charge in [0.1, 0.15) is 6.04 Å². The van der Waals surface area contributed by atoms with Gasteiger partial charge in [0.15, 0.2) is 0 Å². The van der Waals surface area contributed by atoms with Crippen LogP contribution in [0.4, 0.5) is 0 Å². The molecule has 1 aliphatic rings. The van der Waals surface area contributed by atoms with E-state index in [9.17, 15) is 14.4 Å². The van der Waals surface area contributed by atoms with Crippen LogP contribution in [-0.4, -0.2) is 22.8 Å². The van der Waals surface area contributed by atoms with Gasteiger partial charge in [0.25, 0.3) is 5.56 Å². The number of amides is 2. The summed E-state index contributed by atoms with van der Waals surface area (Å²) in [5.41, 5.74) is 2.15. The Morgan fingerprint density at radius 3 is 2.86 bits per heavy atom. The third-order valence-electron chi connectivity index (χ3n) is 3.84. The summed E-state index contributed by atoms with van der Waals surface area (Å²) in [4.78, 5) is 37.9. The van der Waals surface area contributed by atoms with Crippen molar-refractivity contribution in [3.63, 3.8) is 0 Å². The van der Waals surface area contributed by atoms with E-state index in [-0.39, 0.29) is 23.9 Å². The minimum Gasteiger partial charge on any atom is -0.350 e. The number of rotatable bonds is 3. The fourth-order valence-corrected chi connectivity index (χ4v) is 2.62. The molecule has 0 saturated carbocycles. The maximum absolute atomic E-state index is 12.0. The summed E-state index contributed by atoms with van der Waals surface area (Å²) in [7, 11) is 0. The maximum atomic E-state index is 12.0. The average molecular weight is 299 g/mol. The maximum Gasteiger partial charge on any atom is 0.253 e. The van der Waals surface area contributed by atoms with E-state index in [4.69, 9.17) is 0 Å². The minimum atomic E-state index is -0.491. The van der Waals surface area contributed by atoms with E-state index in [1.807, 2.05) is 25.1 Å². The van der Waals surface area contributed by atoms with E-state index >= 15 is 0 Å².